The molecule has 3 heterocycles. The highest BCUT2D eigenvalue weighted by Crippen LogP contribution is 2.53. The Morgan fingerprint density at radius 3 is 0.833 bits per heavy atom. The molecular weight excluding hydrogens is 1120 g/mol. The van der Waals surface area contributed by atoms with E-state index < -0.39 is 23.2 Å². The topological polar surface area (TPSA) is 174 Å². The Morgan fingerprint density at radius 1 is 0.321 bits per heavy atom. The first-order valence-corrected chi connectivity index (χ1v) is 39.3. The number of rotatable bonds is 55. The Hall–Kier alpha value is -1.74. The van der Waals surface area contributed by atoms with Crippen molar-refractivity contribution in [3.05, 3.63) is 0 Å². The van der Waals surface area contributed by atoms with E-state index in [1.54, 1.807) is 0 Å². The van der Waals surface area contributed by atoms with Crippen molar-refractivity contribution < 1.29 is 41.2 Å². The lowest BCUT2D eigenvalue weighted by molar-refractivity contribution is 0.165. The van der Waals surface area contributed by atoms with Crippen LogP contribution in [0.15, 0.2) is 14.3 Å². The van der Waals surface area contributed by atoms with Gasteiger partial charge in [-0.25, -0.2) is 13.7 Å². The van der Waals surface area contributed by atoms with E-state index in [9.17, 15) is 18.6 Å². The Balaban J connectivity index is 0.0000119. The first kappa shape index (κ1) is 78.4. The molecule has 3 rings (SSSR count). The van der Waals surface area contributed by atoms with Gasteiger partial charge in [-0.05, 0) is 38.5 Å². The first-order valence-electron chi connectivity index (χ1n) is 34.7. The molecule has 21 heteroatoms. The first-order chi connectivity index (χ1) is 40.8. The minimum Gasteiger partial charge on any atom is -0.344 e. The lowest BCUT2D eigenvalue weighted by Gasteiger charge is -2.23. The number of hydrogen-bond donors (Lipinski definition) is 1. The van der Waals surface area contributed by atoms with Gasteiger partial charge in [0.2, 0.25) is 17.9 Å². The summed E-state index contributed by atoms with van der Waals surface area (Å²) in [6.45, 7) is 19.8. The second-order valence-electron chi connectivity index (χ2n) is 23.7. The average Bonchev–Trinajstić information content (AvgIpc) is 4.10. The van der Waals surface area contributed by atoms with Gasteiger partial charge in [0, 0.05) is 80.0 Å². The molecule has 496 valence electrons. The Kier molecular flexibility index (Phi) is 46.7. The number of guanidine groups is 3. The molecular formula is C63H130N9O9P3. The zero-order valence-electron chi connectivity index (χ0n) is 55.6. The minimum absolute atomic E-state index is 0.0125. The number of nitrogens with zero attached hydrogens (tertiary/aromatic N) is 9. The van der Waals surface area contributed by atoms with E-state index in [1.807, 2.05) is 49.7 Å². The van der Waals surface area contributed by atoms with E-state index in [-0.39, 0.29) is 45.9 Å². The van der Waals surface area contributed by atoms with Gasteiger partial charge in [0.25, 0.3) is 0 Å². The second-order valence-corrected chi connectivity index (χ2v) is 28.4. The van der Waals surface area contributed by atoms with Gasteiger partial charge in [0.1, 0.15) is 0 Å². The molecule has 0 amide bonds. The average molecular weight is 1250 g/mol. The standard InChI is InChI=1S/C61H124N9O9P3.C2H6/c1-8-12-16-20-23-26-29-32-35-39-45-68-51-48-65(5)59(68)62-80(71,72)75-55-43-56-77-82(74,64-61-67(7)50-53-70(61)47-41-37-34-31-28-25-22-18-14-10-3)79-58-44-57-78-81(73,76-54-42-38-19-15-11-4)63-60-66(6)49-52-69(60)46-40-36-33-30-27-24-21-17-13-9-2;1-2/h8-58H2,1-7H3,(H,71,72);1-2H3. The molecule has 0 aliphatic carbocycles. The van der Waals surface area contributed by atoms with Crippen LogP contribution in [0.2, 0.25) is 0 Å². The summed E-state index contributed by atoms with van der Waals surface area (Å²) in [5, 5.41) is 0. The molecule has 0 bridgehead atoms. The summed E-state index contributed by atoms with van der Waals surface area (Å²) in [6.07, 6.45) is 43.0. The summed E-state index contributed by atoms with van der Waals surface area (Å²) in [6, 6.07) is 0. The molecule has 0 aromatic carbocycles. The van der Waals surface area contributed by atoms with Crippen LogP contribution in [0.5, 0.6) is 0 Å². The van der Waals surface area contributed by atoms with Crippen molar-refractivity contribution in [1.82, 2.24) is 29.4 Å². The van der Waals surface area contributed by atoms with Crippen molar-refractivity contribution in [3.8, 4) is 0 Å². The van der Waals surface area contributed by atoms with Crippen LogP contribution in [0, 0.1) is 0 Å². The molecule has 3 aliphatic rings. The second kappa shape index (κ2) is 50.1. The van der Waals surface area contributed by atoms with Crippen LogP contribution >= 0.6 is 23.2 Å². The molecule has 0 spiro atoms. The summed E-state index contributed by atoms with van der Waals surface area (Å²) in [4.78, 5) is 23.3. The minimum atomic E-state index is -4.37. The van der Waals surface area contributed by atoms with Crippen molar-refractivity contribution in [2.75, 3.05) is 113 Å². The van der Waals surface area contributed by atoms with Crippen LogP contribution < -0.4 is 0 Å². The van der Waals surface area contributed by atoms with Gasteiger partial charge in [-0.2, -0.15) is 0 Å². The van der Waals surface area contributed by atoms with E-state index in [0.29, 0.717) is 17.9 Å². The molecule has 3 unspecified atom stereocenters. The summed E-state index contributed by atoms with van der Waals surface area (Å²) < 4.78 is 86.3. The van der Waals surface area contributed by atoms with Crippen molar-refractivity contribution in [1.29, 1.82) is 0 Å². The summed E-state index contributed by atoms with van der Waals surface area (Å²) in [5.74, 6) is 1.67. The normalized spacial score (nSPS) is 18.4. The van der Waals surface area contributed by atoms with Gasteiger partial charge in [-0.1, -0.05) is 241 Å². The van der Waals surface area contributed by atoms with Crippen molar-refractivity contribution >= 4 is 41.1 Å². The fourth-order valence-corrected chi connectivity index (χ4v) is 14.6. The van der Waals surface area contributed by atoms with Crippen molar-refractivity contribution in [2.24, 2.45) is 14.3 Å². The lowest BCUT2D eigenvalue weighted by atomic mass is 10.1. The molecule has 0 aromatic heterocycles. The molecule has 0 saturated carbocycles. The van der Waals surface area contributed by atoms with Gasteiger partial charge in [-0.3, -0.25) is 22.6 Å². The monoisotopic (exact) mass is 1250 g/mol. The van der Waals surface area contributed by atoms with Crippen LogP contribution in [0.4, 0.5) is 0 Å². The summed E-state index contributed by atoms with van der Waals surface area (Å²) in [7, 11) is -6.67. The molecule has 0 radical (unpaired) electrons. The Bertz CT molecular complexity index is 1850. The third-order valence-electron chi connectivity index (χ3n) is 16.1. The van der Waals surface area contributed by atoms with Gasteiger partial charge in [0.15, 0.2) is 0 Å². The Labute approximate surface area is 516 Å². The molecule has 0 aromatic rings. The molecule has 18 nitrogen and oxygen atoms in total. The summed E-state index contributed by atoms with van der Waals surface area (Å²) >= 11 is 0. The smallest absolute Gasteiger partial charge is 0.344 e. The maximum absolute atomic E-state index is 14.8. The largest absolute Gasteiger partial charge is 0.457 e. The zero-order valence-corrected chi connectivity index (χ0v) is 58.3. The molecule has 3 fully saturated rings. The van der Waals surface area contributed by atoms with E-state index >= 15 is 0 Å². The van der Waals surface area contributed by atoms with Crippen LogP contribution in [-0.2, 0) is 36.3 Å². The predicted octanol–water partition coefficient (Wildman–Crippen LogP) is 17.7. The van der Waals surface area contributed by atoms with Crippen molar-refractivity contribution in [2.45, 2.75) is 279 Å². The molecule has 84 heavy (non-hydrogen) atoms. The molecule has 3 atom stereocenters. The molecule has 1 N–H and O–H groups in total. The third-order valence-corrected chi connectivity index (χ3v) is 19.9. The fraction of sp³-hybridized carbons (Fsp3) is 0.952. The van der Waals surface area contributed by atoms with Crippen LogP contribution in [0.1, 0.15) is 279 Å². The number of hydrogen-bond acceptors (Lipinski definition) is 8. The van der Waals surface area contributed by atoms with Gasteiger partial charge in [0.05, 0.1) is 33.0 Å². The van der Waals surface area contributed by atoms with Crippen LogP contribution in [-0.4, -0.2) is 165 Å². The number of likely N-dealkylation sites (N-methyl/N-ethyl adjacent to an activating group) is 3. The van der Waals surface area contributed by atoms with E-state index in [4.69, 9.17) is 32.1 Å². The lowest BCUT2D eigenvalue weighted by Crippen LogP contribution is -2.32. The third kappa shape index (κ3) is 36.7. The van der Waals surface area contributed by atoms with Gasteiger partial charge >= 0.3 is 23.2 Å². The van der Waals surface area contributed by atoms with E-state index in [0.717, 1.165) is 130 Å². The van der Waals surface area contributed by atoms with Crippen LogP contribution in [0.25, 0.3) is 0 Å². The highest BCUT2D eigenvalue weighted by Gasteiger charge is 2.34. The van der Waals surface area contributed by atoms with E-state index in [1.165, 1.54) is 154 Å². The van der Waals surface area contributed by atoms with Crippen molar-refractivity contribution in [3.63, 3.8) is 0 Å². The van der Waals surface area contributed by atoms with Gasteiger partial charge < -0.3 is 34.3 Å². The quantitative estimate of drug-likeness (QED) is 0.0450. The van der Waals surface area contributed by atoms with Crippen LogP contribution in [0.3, 0.4) is 0 Å². The van der Waals surface area contributed by atoms with Gasteiger partial charge in [-0.15, -0.1) is 14.3 Å². The SMILES string of the molecule is CC.CCCCCCCCCCCCN1CCN(C)C1=NP(=O)(O)OCCCOP(=O)(N=C1N(C)CCN1CCCCCCCCCCCC)OCCCOP(=O)(N=C1N(C)CCN1CCCCCCCCCCCC)OCCCCCCC. The Morgan fingerprint density at radius 2 is 0.548 bits per heavy atom. The number of unbranched alkanes of at least 4 members (excludes halogenated alkanes) is 31. The zero-order chi connectivity index (χ0) is 61.4. The summed E-state index contributed by atoms with van der Waals surface area (Å²) in [5.41, 5.74) is 0. The predicted molar refractivity (Wildman–Crippen MR) is 355 cm³/mol. The maximum Gasteiger partial charge on any atom is 0.457 e. The highest BCUT2D eigenvalue weighted by atomic mass is 31.2. The van der Waals surface area contributed by atoms with E-state index in [2.05, 4.69) is 47.2 Å². The fourth-order valence-electron chi connectivity index (χ4n) is 10.8. The molecule has 3 aliphatic heterocycles. The molecule has 3 saturated heterocycles. The maximum atomic E-state index is 14.8. The highest BCUT2D eigenvalue weighted by molar-refractivity contribution is 7.53.